The molecule has 1 aliphatic rings. The van der Waals surface area contributed by atoms with Crippen molar-refractivity contribution in [2.75, 3.05) is 13.2 Å². The van der Waals surface area contributed by atoms with Gasteiger partial charge in [0.25, 0.3) is 0 Å². The number of phenolic OH excluding ortho intramolecular Hbond substituents is 1. The molecule has 1 fully saturated rings. The van der Waals surface area contributed by atoms with Crippen molar-refractivity contribution in [2.45, 2.75) is 94.3 Å². The van der Waals surface area contributed by atoms with Gasteiger partial charge in [0.2, 0.25) is 47.3 Å². The lowest BCUT2D eigenvalue weighted by molar-refractivity contribution is -0.143. The molecule has 0 saturated carbocycles. The van der Waals surface area contributed by atoms with E-state index in [9.17, 15) is 53.7 Å². The highest BCUT2D eigenvalue weighted by Gasteiger charge is 2.39. The molecule has 2 aromatic rings. The maximum absolute atomic E-state index is 13.4. The first-order valence-electron chi connectivity index (χ1n) is 18.2. The first-order chi connectivity index (χ1) is 26.9. The largest absolute Gasteiger partial charge is 0.508 e. The quantitative estimate of drug-likeness (QED) is 0.0606. The van der Waals surface area contributed by atoms with Crippen molar-refractivity contribution in [1.82, 2.24) is 31.5 Å². The van der Waals surface area contributed by atoms with Crippen LogP contribution in [0.4, 0.5) is 0 Å². The summed E-state index contributed by atoms with van der Waals surface area (Å²) in [6.45, 7) is 1.74. The molecule has 1 aliphatic heterocycles. The molecule has 1 heterocycles. The van der Waals surface area contributed by atoms with E-state index in [2.05, 4.69) is 26.6 Å². The van der Waals surface area contributed by atoms with Gasteiger partial charge in [-0.1, -0.05) is 42.5 Å². The number of amides is 8. The van der Waals surface area contributed by atoms with Crippen LogP contribution in [0.2, 0.25) is 0 Å². The summed E-state index contributed by atoms with van der Waals surface area (Å²) in [5.74, 6) is -7.17. The number of phenols is 1. The Kier molecular flexibility index (Phi) is 16.9. The van der Waals surface area contributed by atoms with Crippen molar-refractivity contribution in [1.29, 1.82) is 0 Å². The molecule has 0 bridgehead atoms. The van der Waals surface area contributed by atoms with Crippen LogP contribution in [0.1, 0.15) is 44.2 Å². The van der Waals surface area contributed by atoms with Gasteiger partial charge >= 0.3 is 0 Å². The fraction of sp³-hybridized carbons (Fsp3) is 0.459. The zero-order valence-electron chi connectivity index (χ0n) is 31.6. The van der Waals surface area contributed by atoms with Crippen LogP contribution in [0.15, 0.2) is 54.6 Å². The van der Waals surface area contributed by atoms with Crippen LogP contribution in [0.5, 0.6) is 5.75 Å². The first-order valence-corrected chi connectivity index (χ1v) is 18.2. The Balaban J connectivity index is 1.61. The van der Waals surface area contributed by atoms with Gasteiger partial charge in [-0.25, -0.2) is 0 Å². The predicted octanol–water partition coefficient (Wildman–Crippen LogP) is -4.33. The van der Waals surface area contributed by atoms with Gasteiger partial charge in [0, 0.05) is 13.0 Å². The third kappa shape index (κ3) is 13.5. The van der Waals surface area contributed by atoms with Crippen molar-refractivity contribution in [3.8, 4) is 5.75 Å². The van der Waals surface area contributed by atoms with Gasteiger partial charge in [-0.3, -0.25) is 38.4 Å². The number of nitrogens with one attached hydrogen (secondary N) is 5. The molecular formula is C37H51N9O11. The minimum Gasteiger partial charge on any atom is -0.508 e. The number of aliphatic hydroxyl groups excluding tert-OH is 2. The molecule has 0 spiro atoms. The summed E-state index contributed by atoms with van der Waals surface area (Å²) >= 11 is 0. The smallest absolute Gasteiger partial charge is 0.248 e. The summed E-state index contributed by atoms with van der Waals surface area (Å²) in [5, 5.41) is 41.6. The van der Waals surface area contributed by atoms with Gasteiger partial charge in [-0.2, -0.15) is 0 Å². The first kappa shape index (κ1) is 45.3. The molecule has 20 nitrogen and oxygen atoms in total. The van der Waals surface area contributed by atoms with E-state index < -0.39 is 109 Å². The van der Waals surface area contributed by atoms with E-state index in [0.29, 0.717) is 17.5 Å². The highest BCUT2D eigenvalue weighted by Crippen LogP contribution is 2.19. The number of aliphatic hydroxyl groups is 2. The summed E-state index contributed by atoms with van der Waals surface area (Å²) in [6.07, 6.45) is -1.64. The van der Waals surface area contributed by atoms with Gasteiger partial charge in [0.15, 0.2) is 0 Å². The molecule has 8 amide bonds. The highest BCUT2D eigenvalue weighted by molar-refractivity contribution is 5.98. The van der Waals surface area contributed by atoms with E-state index in [1.54, 1.807) is 42.5 Å². The average molecular weight is 798 g/mol. The number of carbonyl (C=O) groups is 8. The van der Waals surface area contributed by atoms with E-state index in [4.69, 9.17) is 17.2 Å². The zero-order valence-corrected chi connectivity index (χ0v) is 31.6. The van der Waals surface area contributed by atoms with E-state index >= 15 is 0 Å². The number of aromatic hydroxyl groups is 1. The molecule has 2 aromatic carbocycles. The molecule has 1 saturated heterocycles. The predicted molar refractivity (Wildman–Crippen MR) is 202 cm³/mol. The van der Waals surface area contributed by atoms with Gasteiger partial charge in [-0.15, -0.1) is 0 Å². The minimum atomic E-state index is -1.71. The number of primary amides is 2. The summed E-state index contributed by atoms with van der Waals surface area (Å²) in [4.78, 5) is 104. The van der Waals surface area contributed by atoms with Crippen molar-refractivity contribution >= 4 is 47.3 Å². The average Bonchev–Trinajstić information content (AvgIpc) is 3.66. The SMILES string of the molecule is C[C@H](NC(=O)[C@@H]1CCCN1C(=O)[C@H](CO)NC(=O)[C@@H](N)Cc1ccc(O)cc1)C(=O)N[C@H](C(=O)N[C@@H](CC(N)=O)C(=O)N[C@@H](Cc1ccccc1)C(N)=O)[C@@H](C)O. The maximum Gasteiger partial charge on any atom is 0.248 e. The summed E-state index contributed by atoms with van der Waals surface area (Å²) in [7, 11) is 0. The molecule has 0 unspecified atom stereocenters. The van der Waals surface area contributed by atoms with Crippen LogP contribution >= 0.6 is 0 Å². The monoisotopic (exact) mass is 797 g/mol. The number of likely N-dealkylation sites (tertiary alicyclic amines) is 1. The number of rotatable bonds is 20. The summed E-state index contributed by atoms with van der Waals surface area (Å²) in [6, 6.07) is 5.01. The van der Waals surface area contributed by atoms with Crippen molar-refractivity contribution in [3.63, 3.8) is 0 Å². The molecule has 14 N–H and O–H groups in total. The van der Waals surface area contributed by atoms with Gasteiger partial charge in [0.1, 0.15) is 42.0 Å². The van der Waals surface area contributed by atoms with Crippen LogP contribution in [0.3, 0.4) is 0 Å². The number of nitrogens with two attached hydrogens (primary N) is 3. The molecule has 20 heteroatoms. The van der Waals surface area contributed by atoms with Crippen LogP contribution in [0, 0.1) is 0 Å². The number of nitrogens with zero attached hydrogens (tertiary/aromatic N) is 1. The van der Waals surface area contributed by atoms with E-state index in [0.717, 1.165) is 4.90 Å². The zero-order chi connectivity index (χ0) is 42.4. The molecular weight excluding hydrogens is 746 g/mol. The van der Waals surface area contributed by atoms with Gasteiger partial charge in [0.05, 0.1) is 25.2 Å². The molecule has 310 valence electrons. The number of carbonyl (C=O) groups excluding carboxylic acids is 8. The number of hydrogen-bond acceptors (Lipinski definition) is 12. The number of benzene rings is 2. The Morgan fingerprint density at radius 2 is 1.35 bits per heavy atom. The van der Waals surface area contributed by atoms with Crippen LogP contribution < -0.4 is 43.8 Å². The van der Waals surface area contributed by atoms with Crippen molar-refractivity contribution < 1.29 is 53.7 Å². The lowest BCUT2D eigenvalue weighted by Crippen LogP contribution is -2.61. The van der Waals surface area contributed by atoms with E-state index in [1.165, 1.54) is 26.0 Å². The number of hydrogen-bond donors (Lipinski definition) is 11. The summed E-state index contributed by atoms with van der Waals surface area (Å²) in [5.41, 5.74) is 18.1. The molecule has 8 atom stereocenters. The second kappa shape index (κ2) is 21.3. The van der Waals surface area contributed by atoms with E-state index in [1.807, 2.05) is 0 Å². The fourth-order valence-corrected chi connectivity index (χ4v) is 6.02. The van der Waals surface area contributed by atoms with E-state index in [-0.39, 0.29) is 31.6 Å². The third-order valence-corrected chi connectivity index (χ3v) is 9.16. The Morgan fingerprint density at radius 3 is 1.93 bits per heavy atom. The fourth-order valence-electron chi connectivity index (χ4n) is 6.02. The third-order valence-electron chi connectivity index (χ3n) is 9.16. The lowest BCUT2D eigenvalue weighted by atomic mass is 10.0. The summed E-state index contributed by atoms with van der Waals surface area (Å²) < 4.78 is 0. The topological polar surface area (TPSA) is 339 Å². The standard InChI is InChI=1S/C37H51N9O11/c1-19(41-35(55)28-9-6-14-46(28)37(57)27(18-47)44-33(53)24(38)15-22-10-12-23(49)13-11-22)32(52)45-30(20(2)48)36(56)43-26(17-29(39)50)34(54)42-25(31(40)51)16-21-7-4-3-5-8-21/h3-5,7-8,10-13,19-20,24-28,30,47-49H,6,9,14-18,38H2,1-2H3,(H2,39,50)(H2,40,51)(H,41,55)(H,42,54)(H,43,56)(H,44,53)(H,45,52)/t19-,20+,24-,25-,26-,27-,28-,30-/m0/s1. The maximum atomic E-state index is 13.4. The molecule has 0 aliphatic carbocycles. The Labute approximate surface area is 328 Å². The Bertz CT molecular complexity index is 1760. The highest BCUT2D eigenvalue weighted by atomic mass is 16.3. The Morgan fingerprint density at radius 1 is 0.754 bits per heavy atom. The Hall–Kier alpha value is -6.12. The second-order valence-corrected chi connectivity index (χ2v) is 13.8. The minimum absolute atomic E-state index is 0.00179. The van der Waals surface area contributed by atoms with Crippen LogP contribution in [-0.4, -0.2) is 129 Å². The van der Waals surface area contributed by atoms with Gasteiger partial charge in [-0.05, 0) is 56.4 Å². The molecule has 57 heavy (non-hydrogen) atoms. The van der Waals surface area contributed by atoms with Gasteiger partial charge < -0.3 is 64.0 Å². The lowest BCUT2D eigenvalue weighted by Gasteiger charge is -2.29. The normalized spacial score (nSPS) is 17.4. The van der Waals surface area contributed by atoms with Crippen molar-refractivity contribution in [2.24, 2.45) is 17.2 Å². The molecule has 0 aromatic heterocycles. The van der Waals surface area contributed by atoms with Crippen LogP contribution in [0.25, 0.3) is 0 Å². The second-order valence-electron chi connectivity index (χ2n) is 13.8. The van der Waals surface area contributed by atoms with Crippen molar-refractivity contribution in [3.05, 3.63) is 65.7 Å². The van der Waals surface area contributed by atoms with Crippen LogP contribution in [-0.2, 0) is 51.2 Å². The molecule has 0 radical (unpaired) electrons. The molecule has 3 rings (SSSR count).